The van der Waals surface area contributed by atoms with Crippen molar-refractivity contribution in [3.8, 4) is 5.75 Å². The minimum Gasteiger partial charge on any atom is -0.506 e. The predicted molar refractivity (Wildman–Crippen MR) is 98.0 cm³/mol. The molecule has 0 spiro atoms. The number of carbonyl (C=O) groups excluding carboxylic acids is 1. The highest BCUT2D eigenvalue weighted by Crippen LogP contribution is 2.42. The zero-order valence-electron chi connectivity index (χ0n) is 12.7. The van der Waals surface area contributed by atoms with E-state index >= 15 is 0 Å². The van der Waals surface area contributed by atoms with E-state index in [0.717, 1.165) is 15.8 Å². The Balaban J connectivity index is 1.88. The Morgan fingerprint density at radius 1 is 1.29 bits per heavy atom. The number of hydrogen-bond donors (Lipinski definition) is 3. The van der Waals surface area contributed by atoms with E-state index in [2.05, 4.69) is 10.7 Å². The summed E-state index contributed by atoms with van der Waals surface area (Å²) in [4.78, 5) is 13.0. The summed E-state index contributed by atoms with van der Waals surface area (Å²) in [5.41, 5.74) is 4.54. The van der Waals surface area contributed by atoms with Crippen molar-refractivity contribution in [3.63, 3.8) is 0 Å². The van der Waals surface area contributed by atoms with E-state index in [1.54, 1.807) is 18.2 Å². The van der Waals surface area contributed by atoms with Crippen LogP contribution in [0.3, 0.4) is 0 Å². The number of nitrogens with zero attached hydrogens (tertiary/aromatic N) is 1. The van der Waals surface area contributed by atoms with Crippen LogP contribution in [0.1, 0.15) is 16.6 Å². The Kier molecular flexibility index (Phi) is 3.51. The van der Waals surface area contributed by atoms with Gasteiger partial charge in [0.05, 0.1) is 11.4 Å². The monoisotopic (exact) mass is 359 g/mol. The molecule has 1 unspecified atom stereocenters. The van der Waals surface area contributed by atoms with Crippen LogP contribution in [0.5, 0.6) is 5.75 Å². The van der Waals surface area contributed by atoms with E-state index in [1.165, 1.54) is 11.3 Å². The van der Waals surface area contributed by atoms with Gasteiger partial charge < -0.3 is 10.4 Å². The van der Waals surface area contributed by atoms with Crippen LogP contribution in [-0.2, 0) is 0 Å². The van der Waals surface area contributed by atoms with Crippen LogP contribution in [0.4, 0.5) is 11.4 Å². The van der Waals surface area contributed by atoms with Crippen molar-refractivity contribution in [2.75, 3.05) is 10.4 Å². The lowest BCUT2D eigenvalue weighted by Crippen LogP contribution is -2.53. The van der Waals surface area contributed by atoms with Gasteiger partial charge in [0.1, 0.15) is 16.8 Å². The van der Waals surface area contributed by atoms with Crippen molar-refractivity contribution in [3.05, 3.63) is 52.4 Å². The van der Waals surface area contributed by atoms with Crippen molar-refractivity contribution < 1.29 is 9.90 Å². The topological polar surface area (TPSA) is 64.6 Å². The Hall–Kier alpha value is -2.44. The smallest absolute Gasteiger partial charge is 0.265 e. The fourth-order valence-electron chi connectivity index (χ4n) is 2.81. The third-order valence-electron chi connectivity index (χ3n) is 3.94. The molecular formula is C17H14ClN3O2S. The molecule has 0 radical (unpaired) electrons. The second-order valence-electron chi connectivity index (χ2n) is 5.57. The number of aromatic hydroxyl groups is 1. The first-order valence-electron chi connectivity index (χ1n) is 7.41. The minimum atomic E-state index is -0.290. The van der Waals surface area contributed by atoms with E-state index < -0.39 is 0 Å². The molecule has 1 aliphatic rings. The third kappa shape index (κ3) is 2.35. The van der Waals surface area contributed by atoms with Crippen LogP contribution in [0.2, 0.25) is 5.02 Å². The minimum absolute atomic E-state index is 0.106. The molecule has 3 aromatic rings. The van der Waals surface area contributed by atoms with Crippen LogP contribution >= 0.6 is 22.9 Å². The number of carbonyl (C=O) groups is 1. The number of para-hydroxylation sites is 2. The molecule has 1 aromatic heterocycles. The molecule has 0 bridgehead atoms. The summed E-state index contributed by atoms with van der Waals surface area (Å²) in [7, 11) is 0. The van der Waals surface area contributed by atoms with Gasteiger partial charge in [-0.05, 0) is 37.3 Å². The molecule has 122 valence electrons. The highest BCUT2D eigenvalue weighted by molar-refractivity contribution is 7.21. The van der Waals surface area contributed by atoms with E-state index in [4.69, 9.17) is 11.6 Å². The predicted octanol–water partition coefficient (Wildman–Crippen LogP) is 4.18. The number of halogens is 1. The zero-order valence-corrected chi connectivity index (χ0v) is 14.3. The number of phenols is 1. The Morgan fingerprint density at radius 2 is 2.08 bits per heavy atom. The summed E-state index contributed by atoms with van der Waals surface area (Å²) >= 11 is 7.57. The van der Waals surface area contributed by atoms with Crippen LogP contribution < -0.4 is 15.8 Å². The van der Waals surface area contributed by atoms with E-state index in [9.17, 15) is 9.90 Å². The highest BCUT2D eigenvalue weighted by atomic mass is 35.5. The van der Waals surface area contributed by atoms with E-state index in [0.29, 0.717) is 15.6 Å². The standard InChI is InChI=1S/C17H14ClN3O2S/c1-9-19-17(23)16-15(11-8-10(18)6-7-14(11)24-16)21(9)20-12-4-2-3-5-13(12)22/h2-9,20,22H,1H3,(H,19,23). The molecule has 0 saturated carbocycles. The van der Waals surface area contributed by atoms with Gasteiger partial charge in [-0.1, -0.05) is 23.7 Å². The molecule has 3 N–H and O–H groups in total. The van der Waals surface area contributed by atoms with Crippen molar-refractivity contribution in [1.82, 2.24) is 5.32 Å². The van der Waals surface area contributed by atoms with Crippen molar-refractivity contribution >= 4 is 50.3 Å². The maximum atomic E-state index is 12.4. The molecule has 0 saturated heterocycles. The number of amides is 1. The van der Waals surface area contributed by atoms with Crippen molar-refractivity contribution in [2.45, 2.75) is 13.1 Å². The van der Waals surface area contributed by atoms with Gasteiger partial charge in [-0.2, -0.15) is 0 Å². The van der Waals surface area contributed by atoms with Crippen LogP contribution in [-0.4, -0.2) is 17.2 Å². The molecule has 7 heteroatoms. The van der Waals surface area contributed by atoms with Gasteiger partial charge in [-0.15, -0.1) is 11.3 Å². The molecule has 24 heavy (non-hydrogen) atoms. The first kappa shape index (κ1) is 15.1. The molecule has 2 aromatic carbocycles. The van der Waals surface area contributed by atoms with Crippen LogP contribution in [0, 0.1) is 0 Å². The lowest BCUT2D eigenvalue weighted by atomic mass is 10.1. The summed E-state index contributed by atoms with van der Waals surface area (Å²) in [6.07, 6.45) is -0.290. The van der Waals surface area contributed by atoms with Crippen molar-refractivity contribution in [2.24, 2.45) is 0 Å². The Labute approximate surface area is 147 Å². The molecular weight excluding hydrogens is 346 g/mol. The largest absolute Gasteiger partial charge is 0.506 e. The van der Waals surface area contributed by atoms with E-state index in [-0.39, 0.29) is 17.8 Å². The number of nitrogens with one attached hydrogen (secondary N) is 2. The summed E-state index contributed by atoms with van der Waals surface area (Å²) < 4.78 is 0.984. The molecule has 1 aliphatic heterocycles. The van der Waals surface area contributed by atoms with Crippen molar-refractivity contribution in [1.29, 1.82) is 0 Å². The fourth-order valence-corrected chi connectivity index (χ4v) is 4.06. The first-order chi connectivity index (χ1) is 11.5. The normalized spacial score (nSPS) is 16.8. The van der Waals surface area contributed by atoms with Gasteiger partial charge in [0.2, 0.25) is 0 Å². The fraction of sp³-hybridized carbons (Fsp3) is 0.118. The quantitative estimate of drug-likeness (QED) is 0.600. The first-order valence-corrected chi connectivity index (χ1v) is 8.61. The molecule has 1 atom stereocenters. The number of hydrazine groups is 1. The molecule has 4 rings (SSSR count). The number of fused-ring (bicyclic) bond motifs is 3. The van der Waals surface area contributed by atoms with Gasteiger partial charge in [-0.25, -0.2) is 0 Å². The molecule has 2 heterocycles. The average Bonchev–Trinajstić information content (AvgIpc) is 2.92. The average molecular weight is 360 g/mol. The third-order valence-corrected chi connectivity index (χ3v) is 5.34. The van der Waals surface area contributed by atoms with Gasteiger partial charge in [0, 0.05) is 15.1 Å². The second kappa shape index (κ2) is 5.58. The lowest BCUT2D eigenvalue weighted by molar-refractivity contribution is 0.0937. The number of rotatable bonds is 2. The Bertz CT molecular complexity index is 956. The van der Waals surface area contributed by atoms with Gasteiger partial charge in [0.15, 0.2) is 0 Å². The maximum absolute atomic E-state index is 12.4. The maximum Gasteiger partial charge on any atom is 0.265 e. The molecule has 0 aliphatic carbocycles. The van der Waals surface area contributed by atoms with E-state index in [1.807, 2.05) is 36.2 Å². The summed E-state index contributed by atoms with van der Waals surface area (Å²) in [5, 5.41) is 16.3. The Morgan fingerprint density at radius 3 is 2.88 bits per heavy atom. The SMILES string of the molecule is CC1NC(=O)c2sc3ccc(Cl)cc3c2N1Nc1ccccc1O. The molecule has 5 nitrogen and oxygen atoms in total. The molecule has 0 fully saturated rings. The number of thiophene rings is 1. The zero-order chi connectivity index (χ0) is 16.8. The number of anilines is 2. The summed E-state index contributed by atoms with van der Waals surface area (Å²) in [6, 6.07) is 12.6. The number of phenolic OH excluding ortho intramolecular Hbond substituents is 1. The number of hydrogen-bond acceptors (Lipinski definition) is 5. The highest BCUT2D eigenvalue weighted by Gasteiger charge is 2.32. The number of benzene rings is 2. The summed E-state index contributed by atoms with van der Waals surface area (Å²) in [5.74, 6) is 0.0332. The van der Waals surface area contributed by atoms with Crippen LogP contribution in [0.15, 0.2) is 42.5 Å². The lowest BCUT2D eigenvalue weighted by Gasteiger charge is -2.36. The summed E-state index contributed by atoms with van der Waals surface area (Å²) in [6.45, 7) is 1.88. The van der Waals surface area contributed by atoms with Gasteiger partial charge in [0.25, 0.3) is 5.91 Å². The van der Waals surface area contributed by atoms with Gasteiger partial charge in [-0.3, -0.25) is 15.2 Å². The van der Waals surface area contributed by atoms with Crippen LogP contribution in [0.25, 0.3) is 10.1 Å². The second-order valence-corrected chi connectivity index (χ2v) is 7.06. The van der Waals surface area contributed by atoms with Gasteiger partial charge >= 0.3 is 0 Å². The molecule has 1 amide bonds.